The van der Waals surface area contributed by atoms with E-state index < -0.39 is 5.60 Å². The Kier molecular flexibility index (Phi) is 9.92. The lowest BCUT2D eigenvalue weighted by molar-refractivity contribution is -0.140. The van der Waals surface area contributed by atoms with Crippen molar-refractivity contribution >= 4 is 12.1 Å². The van der Waals surface area contributed by atoms with Gasteiger partial charge in [-0.05, 0) is 61.5 Å². The highest BCUT2D eigenvalue weighted by molar-refractivity contribution is 5.69. The van der Waals surface area contributed by atoms with Crippen LogP contribution in [0.25, 0.3) is 0 Å². The Morgan fingerprint density at radius 3 is 2.66 bits per heavy atom. The molecule has 196 valence electrons. The van der Waals surface area contributed by atoms with E-state index in [2.05, 4.69) is 25.7 Å². The van der Waals surface area contributed by atoms with Crippen LogP contribution in [0, 0.1) is 11.7 Å². The monoisotopic (exact) mass is 492 g/mol. The topological polar surface area (TPSA) is 68.3 Å². The van der Waals surface area contributed by atoms with E-state index in [1.54, 1.807) is 11.0 Å². The molecule has 8 heteroatoms. The van der Waals surface area contributed by atoms with Crippen LogP contribution >= 0.6 is 0 Å². The third kappa shape index (κ3) is 6.94. The molecule has 1 aromatic carbocycles. The Morgan fingerprint density at radius 2 is 2.00 bits per heavy atom. The third-order valence-electron chi connectivity index (χ3n) is 7.43. The normalized spacial score (nSPS) is 22.3. The van der Waals surface area contributed by atoms with Crippen LogP contribution in [0.1, 0.15) is 63.5 Å². The van der Waals surface area contributed by atoms with Crippen molar-refractivity contribution in [2.45, 2.75) is 64.4 Å². The maximum absolute atomic E-state index is 14.0. The largest absolute Gasteiger partial charge is 0.469 e. The van der Waals surface area contributed by atoms with Crippen LogP contribution in [-0.4, -0.2) is 80.5 Å². The van der Waals surface area contributed by atoms with Crippen LogP contribution < -0.4 is 0 Å². The van der Waals surface area contributed by atoms with Gasteiger partial charge in [-0.1, -0.05) is 26.8 Å². The summed E-state index contributed by atoms with van der Waals surface area (Å²) in [5.41, 5.74) is 1.40. The molecule has 0 radical (unpaired) electrons. The van der Waals surface area contributed by atoms with E-state index in [4.69, 9.17) is 14.2 Å². The second-order valence-electron chi connectivity index (χ2n) is 9.96. The van der Waals surface area contributed by atoms with Gasteiger partial charge >= 0.3 is 12.1 Å². The van der Waals surface area contributed by atoms with Gasteiger partial charge in [-0.25, -0.2) is 9.18 Å². The van der Waals surface area contributed by atoms with Crippen LogP contribution in [0.4, 0.5) is 9.18 Å². The highest BCUT2D eigenvalue weighted by Crippen LogP contribution is 2.48. The maximum Gasteiger partial charge on any atom is 0.410 e. The summed E-state index contributed by atoms with van der Waals surface area (Å²) in [6.45, 7) is 10.8. The number of nitrogens with zero attached hydrogens (tertiary/aromatic N) is 2. The molecule has 0 aromatic heterocycles. The summed E-state index contributed by atoms with van der Waals surface area (Å²) in [5.74, 6) is -0.267. The fourth-order valence-electron chi connectivity index (χ4n) is 5.60. The van der Waals surface area contributed by atoms with Gasteiger partial charge in [-0.3, -0.25) is 4.79 Å². The fraction of sp³-hybridized carbons (Fsp3) is 0.704. The number of hydrogen-bond donors (Lipinski definition) is 0. The second kappa shape index (κ2) is 12.7. The van der Waals surface area contributed by atoms with Crippen molar-refractivity contribution in [3.05, 3.63) is 35.1 Å². The Hall–Kier alpha value is -2.19. The predicted molar refractivity (Wildman–Crippen MR) is 132 cm³/mol. The Morgan fingerprint density at radius 1 is 1.26 bits per heavy atom. The Labute approximate surface area is 208 Å². The molecular formula is C27H41FN2O5. The van der Waals surface area contributed by atoms with Crippen LogP contribution in [0.3, 0.4) is 0 Å². The molecule has 0 N–H and O–H groups in total. The molecule has 0 saturated carbocycles. The van der Waals surface area contributed by atoms with Crippen molar-refractivity contribution in [2.24, 2.45) is 5.92 Å². The van der Waals surface area contributed by atoms with Gasteiger partial charge in [0.1, 0.15) is 11.4 Å². The van der Waals surface area contributed by atoms with Crippen LogP contribution in [-0.2, 0) is 25.4 Å². The van der Waals surface area contributed by atoms with Crippen molar-refractivity contribution < 1.29 is 28.2 Å². The van der Waals surface area contributed by atoms with Gasteiger partial charge in [0.25, 0.3) is 0 Å². The number of morpholine rings is 1. The molecule has 35 heavy (non-hydrogen) atoms. The van der Waals surface area contributed by atoms with Crippen molar-refractivity contribution in [1.82, 2.24) is 9.80 Å². The molecule has 2 atom stereocenters. The third-order valence-corrected chi connectivity index (χ3v) is 7.43. The zero-order valence-corrected chi connectivity index (χ0v) is 21.7. The molecule has 0 spiro atoms. The number of carbonyl (C=O) groups is 2. The minimum absolute atomic E-state index is 0.0365. The van der Waals surface area contributed by atoms with Crippen LogP contribution in [0.15, 0.2) is 18.2 Å². The number of aryl methyl sites for hydroxylation is 1. The first-order chi connectivity index (χ1) is 16.8. The molecular weight excluding hydrogens is 451 g/mol. The van der Waals surface area contributed by atoms with Gasteiger partial charge in [0.15, 0.2) is 0 Å². The van der Waals surface area contributed by atoms with E-state index in [-0.39, 0.29) is 29.7 Å². The van der Waals surface area contributed by atoms with E-state index in [0.717, 1.165) is 37.2 Å². The Balaban J connectivity index is 1.84. The van der Waals surface area contributed by atoms with E-state index in [1.165, 1.54) is 13.2 Å². The standard InChI is InChI=1S/C27H41FN2O5/c1-5-29(13-6-7-24(31)33-4)14-12-27(35-26(32)30-15-17-34-18-16-30)11-10-21-19-22(28)8-9-23(21)25(27)20(2)3/h8-9,19-20,25H,5-7,10-18H2,1-4H3/t25?,27-/m0/s1. The van der Waals surface area contributed by atoms with Crippen molar-refractivity contribution in [3.8, 4) is 0 Å². The van der Waals surface area contributed by atoms with Crippen molar-refractivity contribution in [2.75, 3.05) is 53.0 Å². The minimum atomic E-state index is -0.690. The molecule has 1 aliphatic carbocycles. The number of methoxy groups -OCH3 is 1. The van der Waals surface area contributed by atoms with Gasteiger partial charge < -0.3 is 24.0 Å². The average Bonchev–Trinajstić information content (AvgIpc) is 2.86. The van der Waals surface area contributed by atoms with Crippen LogP contribution in [0.5, 0.6) is 0 Å². The predicted octanol–water partition coefficient (Wildman–Crippen LogP) is 4.38. The number of rotatable bonds is 10. The van der Waals surface area contributed by atoms with Crippen LogP contribution in [0.2, 0.25) is 0 Å². The summed E-state index contributed by atoms with van der Waals surface area (Å²) in [5, 5.41) is 0. The average molecular weight is 493 g/mol. The summed E-state index contributed by atoms with van der Waals surface area (Å²) in [6, 6.07) is 5.02. The number of halogens is 1. The second-order valence-corrected chi connectivity index (χ2v) is 9.96. The summed E-state index contributed by atoms with van der Waals surface area (Å²) in [6.07, 6.45) is 2.81. The summed E-state index contributed by atoms with van der Waals surface area (Å²) in [7, 11) is 1.41. The summed E-state index contributed by atoms with van der Waals surface area (Å²) in [4.78, 5) is 28.9. The molecule has 1 amide bonds. The number of hydrogen-bond acceptors (Lipinski definition) is 6. The number of esters is 1. The van der Waals surface area contributed by atoms with E-state index >= 15 is 0 Å². The van der Waals surface area contributed by atoms with Crippen molar-refractivity contribution in [3.63, 3.8) is 0 Å². The molecule has 1 aromatic rings. The van der Waals surface area contributed by atoms with E-state index in [9.17, 15) is 14.0 Å². The molecule has 1 saturated heterocycles. The lowest BCUT2D eigenvalue weighted by Gasteiger charge is -2.48. The maximum atomic E-state index is 14.0. The van der Waals surface area contributed by atoms with E-state index in [0.29, 0.717) is 52.0 Å². The number of ether oxygens (including phenoxy) is 3. The SMILES string of the molecule is CCN(CCCC(=O)OC)CC[C@@]1(OC(=O)N2CCOCC2)CCc2cc(F)ccc2C1C(C)C. The summed E-state index contributed by atoms with van der Waals surface area (Å²) < 4.78 is 30.7. The first kappa shape index (κ1) is 27.4. The Bertz CT molecular complexity index is 858. The highest BCUT2D eigenvalue weighted by atomic mass is 19.1. The minimum Gasteiger partial charge on any atom is -0.469 e. The van der Waals surface area contributed by atoms with E-state index in [1.807, 2.05) is 6.07 Å². The zero-order chi connectivity index (χ0) is 25.4. The molecule has 1 heterocycles. The molecule has 7 nitrogen and oxygen atoms in total. The molecule has 1 aliphatic heterocycles. The lowest BCUT2D eigenvalue weighted by atomic mass is 9.65. The van der Waals surface area contributed by atoms with Gasteiger partial charge in [0, 0.05) is 38.4 Å². The number of carbonyl (C=O) groups excluding carboxylic acids is 2. The summed E-state index contributed by atoms with van der Waals surface area (Å²) >= 11 is 0. The molecule has 2 aliphatic rings. The molecule has 3 rings (SSSR count). The first-order valence-corrected chi connectivity index (χ1v) is 12.9. The molecule has 0 bridgehead atoms. The number of amides is 1. The molecule has 1 unspecified atom stereocenters. The van der Waals surface area contributed by atoms with Gasteiger partial charge in [0.05, 0.1) is 20.3 Å². The highest BCUT2D eigenvalue weighted by Gasteiger charge is 2.48. The lowest BCUT2D eigenvalue weighted by Crippen LogP contribution is -2.52. The van der Waals surface area contributed by atoms with Crippen molar-refractivity contribution in [1.29, 1.82) is 0 Å². The smallest absolute Gasteiger partial charge is 0.410 e. The zero-order valence-electron chi connectivity index (χ0n) is 21.7. The fourth-order valence-corrected chi connectivity index (χ4v) is 5.60. The molecule has 1 fully saturated rings. The van der Waals surface area contributed by atoms with Gasteiger partial charge in [-0.15, -0.1) is 0 Å². The van der Waals surface area contributed by atoms with Gasteiger partial charge in [0.2, 0.25) is 0 Å². The number of benzene rings is 1. The number of fused-ring (bicyclic) bond motifs is 1. The first-order valence-electron chi connectivity index (χ1n) is 12.9. The van der Waals surface area contributed by atoms with Gasteiger partial charge in [-0.2, -0.15) is 0 Å². The quantitative estimate of drug-likeness (QED) is 0.452.